The Morgan fingerprint density at radius 2 is 1.51 bits per heavy atom. The molecule has 4 rings (SSSR count). The molecule has 0 heterocycles. The Balaban J connectivity index is 1.29. The van der Waals surface area contributed by atoms with E-state index >= 15 is 0 Å². The highest BCUT2D eigenvalue weighted by Gasteiger charge is 2.22. The van der Waals surface area contributed by atoms with Crippen molar-refractivity contribution >= 4 is 23.3 Å². The van der Waals surface area contributed by atoms with E-state index < -0.39 is 12.0 Å². The Kier molecular flexibility index (Phi) is 11.0. The van der Waals surface area contributed by atoms with Gasteiger partial charge in [0.15, 0.2) is 5.78 Å². The van der Waals surface area contributed by atoms with E-state index in [-0.39, 0.29) is 23.4 Å². The molecule has 0 fully saturated rings. The molecule has 0 aliphatic carbocycles. The monoisotopic (exact) mass is 582 g/mol. The number of carbonyl (C=O) groups is 3. The van der Waals surface area contributed by atoms with E-state index in [0.29, 0.717) is 48.6 Å². The lowest BCUT2D eigenvalue weighted by Crippen LogP contribution is -2.33. The molecule has 4 aromatic rings. The van der Waals surface area contributed by atoms with Crippen LogP contribution in [-0.2, 0) is 20.7 Å². The van der Waals surface area contributed by atoms with Crippen LogP contribution in [-0.4, -0.2) is 44.0 Å². The van der Waals surface area contributed by atoms with Crippen molar-refractivity contribution < 1.29 is 28.2 Å². The van der Waals surface area contributed by atoms with Gasteiger partial charge >= 0.3 is 5.97 Å². The molecule has 2 atom stereocenters. The standard InChI is InChI=1S/C35H35FN2O5/c1-24(26-15-17-28(36)18-16-26)34(40)37-21-8-22-43-29-19-13-25(14-20-29)23-32(35(41)42-2)38-31-12-7-6-11-30(31)33(39)27-9-4-3-5-10-27/h3-7,9-20,24,32,38H,8,21-23H2,1-2H3,(H,37,40). The third kappa shape index (κ3) is 8.75. The molecule has 8 heteroatoms. The second-order valence-electron chi connectivity index (χ2n) is 10.1. The molecular weight excluding hydrogens is 547 g/mol. The number of hydrogen-bond donors (Lipinski definition) is 2. The van der Waals surface area contributed by atoms with E-state index in [4.69, 9.17) is 9.47 Å². The van der Waals surface area contributed by atoms with Gasteiger partial charge in [-0.25, -0.2) is 9.18 Å². The lowest BCUT2D eigenvalue weighted by molar-refractivity contribution is -0.141. The summed E-state index contributed by atoms with van der Waals surface area (Å²) in [6, 6.07) is 28.7. The number of methoxy groups -OCH3 is 1. The molecule has 0 spiro atoms. The van der Waals surface area contributed by atoms with Gasteiger partial charge in [-0.3, -0.25) is 9.59 Å². The molecule has 0 saturated carbocycles. The molecule has 4 aromatic carbocycles. The highest BCUT2D eigenvalue weighted by atomic mass is 19.1. The number of hydrogen-bond acceptors (Lipinski definition) is 6. The second kappa shape index (κ2) is 15.3. The number of ketones is 1. The van der Waals surface area contributed by atoms with Crippen molar-refractivity contribution in [2.45, 2.75) is 31.7 Å². The predicted molar refractivity (Wildman–Crippen MR) is 164 cm³/mol. The summed E-state index contributed by atoms with van der Waals surface area (Å²) in [7, 11) is 1.33. The van der Waals surface area contributed by atoms with Crippen LogP contribution in [0.3, 0.4) is 0 Å². The van der Waals surface area contributed by atoms with Crippen molar-refractivity contribution in [1.29, 1.82) is 0 Å². The average molecular weight is 583 g/mol. The molecule has 7 nitrogen and oxygen atoms in total. The summed E-state index contributed by atoms with van der Waals surface area (Å²) in [5, 5.41) is 6.10. The van der Waals surface area contributed by atoms with Gasteiger partial charge in [0.25, 0.3) is 0 Å². The maximum Gasteiger partial charge on any atom is 0.328 e. The van der Waals surface area contributed by atoms with Gasteiger partial charge in [-0.15, -0.1) is 0 Å². The molecule has 0 radical (unpaired) electrons. The molecular formula is C35H35FN2O5. The zero-order chi connectivity index (χ0) is 30.6. The van der Waals surface area contributed by atoms with Crippen LogP contribution in [0.4, 0.5) is 10.1 Å². The van der Waals surface area contributed by atoms with Crippen molar-refractivity contribution in [3.63, 3.8) is 0 Å². The molecule has 0 bridgehead atoms. The number of amides is 1. The molecule has 0 aliphatic heterocycles. The van der Waals surface area contributed by atoms with Gasteiger partial charge in [-0.1, -0.05) is 66.7 Å². The summed E-state index contributed by atoms with van der Waals surface area (Å²) >= 11 is 0. The van der Waals surface area contributed by atoms with Crippen molar-refractivity contribution in [2.75, 3.05) is 25.6 Å². The first kappa shape index (κ1) is 31.0. The van der Waals surface area contributed by atoms with Gasteiger partial charge in [0.05, 0.1) is 19.6 Å². The van der Waals surface area contributed by atoms with Crippen molar-refractivity contribution in [2.24, 2.45) is 0 Å². The fraction of sp³-hybridized carbons (Fsp3) is 0.229. The normalized spacial score (nSPS) is 12.1. The van der Waals surface area contributed by atoms with Crippen molar-refractivity contribution in [3.05, 3.63) is 131 Å². The lowest BCUT2D eigenvalue weighted by atomic mass is 10.00. The molecule has 2 unspecified atom stereocenters. The van der Waals surface area contributed by atoms with Crippen molar-refractivity contribution in [3.8, 4) is 5.75 Å². The molecule has 2 N–H and O–H groups in total. The summed E-state index contributed by atoms with van der Waals surface area (Å²) in [6.07, 6.45) is 0.943. The van der Waals surface area contributed by atoms with Crippen molar-refractivity contribution in [1.82, 2.24) is 5.32 Å². The number of halogens is 1. The van der Waals surface area contributed by atoms with Crippen LogP contribution < -0.4 is 15.4 Å². The quantitative estimate of drug-likeness (QED) is 0.109. The van der Waals surface area contributed by atoms with E-state index in [1.807, 2.05) is 48.5 Å². The number of anilines is 1. The third-order valence-electron chi connectivity index (χ3n) is 7.04. The largest absolute Gasteiger partial charge is 0.494 e. The number of para-hydroxylation sites is 1. The highest BCUT2D eigenvalue weighted by molar-refractivity contribution is 6.12. The summed E-state index contributed by atoms with van der Waals surface area (Å²) in [4.78, 5) is 38.2. The van der Waals surface area contributed by atoms with Crippen LogP contribution in [0.25, 0.3) is 0 Å². The number of ether oxygens (including phenoxy) is 2. The van der Waals surface area contributed by atoms with Gasteiger partial charge in [-0.05, 0) is 60.9 Å². The fourth-order valence-corrected chi connectivity index (χ4v) is 4.56. The van der Waals surface area contributed by atoms with E-state index in [2.05, 4.69) is 10.6 Å². The van der Waals surface area contributed by atoms with E-state index in [1.165, 1.54) is 19.2 Å². The van der Waals surface area contributed by atoms with Crippen LogP contribution in [0.1, 0.15) is 46.3 Å². The van der Waals surface area contributed by atoms with Gasteiger partial charge in [0.2, 0.25) is 5.91 Å². The first-order chi connectivity index (χ1) is 20.9. The predicted octanol–water partition coefficient (Wildman–Crippen LogP) is 5.94. The Hall–Kier alpha value is -4.98. The third-order valence-corrected chi connectivity index (χ3v) is 7.04. The minimum Gasteiger partial charge on any atom is -0.494 e. The Morgan fingerprint density at radius 1 is 0.837 bits per heavy atom. The summed E-state index contributed by atoms with van der Waals surface area (Å²) < 4.78 is 24.0. The fourth-order valence-electron chi connectivity index (χ4n) is 4.56. The number of esters is 1. The minimum absolute atomic E-state index is 0.128. The first-order valence-electron chi connectivity index (χ1n) is 14.1. The van der Waals surface area contributed by atoms with E-state index in [1.54, 1.807) is 49.4 Å². The van der Waals surface area contributed by atoms with E-state index in [9.17, 15) is 18.8 Å². The number of rotatable bonds is 14. The van der Waals surface area contributed by atoms with Gasteiger partial charge in [0.1, 0.15) is 17.6 Å². The molecule has 222 valence electrons. The smallest absolute Gasteiger partial charge is 0.328 e. The zero-order valence-corrected chi connectivity index (χ0v) is 24.2. The summed E-state index contributed by atoms with van der Waals surface area (Å²) in [5.41, 5.74) is 3.20. The van der Waals surface area contributed by atoms with Crippen LogP contribution in [0.2, 0.25) is 0 Å². The molecule has 0 aliphatic rings. The SMILES string of the molecule is COC(=O)C(Cc1ccc(OCCCNC(=O)C(C)c2ccc(F)cc2)cc1)Nc1ccccc1C(=O)c1ccccc1. The first-order valence-corrected chi connectivity index (χ1v) is 14.1. The lowest BCUT2D eigenvalue weighted by Gasteiger charge is -2.20. The zero-order valence-electron chi connectivity index (χ0n) is 24.2. The maximum absolute atomic E-state index is 13.1. The topological polar surface area (TPSA) is 93.7 Å². The van der Waals surface area contributed by atoms with Crippen LogP contribution in [0, 0.1) is 5.82 Å². The minimum atomic E-state index is -0.720. The van der Waals surface area contributed by atoms with E-state index in [0.717, 1.165) is 11.1 Å². The second-order valence-corrected chi connectivity index (χ2v) is 10.1. The summed E-state index contributed by atoms with van der Waals surface area (Å²) in [5.74, 6) is -0.767. The molecule has 1 amide bonds. The number of nitrogens with one attached hydrogen (secondary N) is 2. The number of benzene rings is 4. The Labute approximate surface area is 251 Å². The molecule has 0 saturated heterocycles. The molecule has 43 heavy (non-hydrogen) atoms. The highest BCUT2D eigenvalue weighted by Crippen LogP contribution is 2.22. The van der Waals surface area contributed by atoms with Crippen LogP contribution >= 0.6 is 0 Å². The average Bonchev–Trinajstić information content (AvgIpc) is 3.05. The van der Waals surface area contributed by atoms with Crippen LogP contribution in [0.15, 0.2) is 103 Å². The Bertz CT molecular complexity index is 1510. The molecule has 0 aromatic heterocycles. The maximum atomic E-state index is 13.1. The van der Waals surface area contributed by atoms with Gasteiger partial charge in [0, 0.05) is 29.8 Å². The van der Waals surface area contributed by atoms with Crippen LogP contribution in [0.5, 0.6) is 5.75 Å². The van der Waals surface area contributed by atoms with Gasteiger partial charge < -0.3 is 20.1 Å². The summed E-state index contributed by atoms with van der Waals surface area (Å²) in [6.45, 7) is 2.64. The number of carbonyl (C=O) groups excluding carboxylic acids is 3. The van der Waals surface area contributed by atoms with Gasteiger partial charge in [-0.2, -0.15) is 0 Å². The Morgan fingerprint density at radius 3 is 2.21 bits per heavy atom.